The van der Waals surface area contributed by atoms with Crippen LogP contribution in [0.3, 0.4) is 0 Å². The average molecular weight is 373 g/mol. The van der Waals surface area contributed by atoms with E-state index in [1.807, 2.05) is 41.7 Å². The van der Waals surface area contributed by atoms with E-state index in [0.717, 1.165) is 17.5 Å². The normalized spacial score (nSPS) is 22.1. The zero-order chi connectivity index (χ0) is 18.1. The number of cyclic esters (lactones) is 1. The fraction of sp³-hybridized carbons (Fsp3) is 0.526. The number of carbonyl (C=O) groups excluding carboxylic acids is 2. The SMILES string of the molecule is CSCC(=O)N1CCC2(CC1)CC(Cn1cnc3ccccc31)OC2=O. The molecule has 1 spiro atoms. The summed E-state index contributed by atoms with van der Waals surface area (Å²) < 4.78 is 7.78. The fourth-order valence-electron chi connectivity index (χ4n) is 4.12. The summed E-state index contributed by atoms with van der Waals surface area (Å²) in [5, 5.41) is 0. The van der Waals surface area contributed by atoms with E-state index in [1.54, 1.807) is 0 Å². The van der Waals surface area contributed by atoms with Crippen LogP contribution in [0.1, 0.15) is 19.3 Å². The Labute approximate surface area is 156 Å². The van der Waals surface area contributed by atoms with Gasteiger partial charge in [-0.2, -0.15) is 11.8 Å². The van der Waals surface area contributed by atoms with E-state index in [-0.39, 0.29) is 18.0 Å². The van der Waals surface area contributed by atoms with Gasteiger partial charge in [0.25, 0.3) is 0 Å². The molecule has 2 saturated heterocycles. The van der Waals surface area contributed by atoms with Crippen LogP contribution in [0.15, 0.2) is 30.6 Å². The van der Waals surface area contributed by atoms with Crippen molar-refractivity contribution in [3.8, 4) is 0 Å². The third-order valence-electron chi connectivity index (χ3n) is 5.59. The monoisotopic (exact) mass is 373 g/mol. The highest BCUT2D eigenvalue weighted by Gasteiger charge is 2.50. The Morgan fingerprint density at radius 1 is 1.35 bits per heavy atom. The maximum Gasteiger partial charge on any atom is 0.312 e. The van der Waals surface area contributed by atoms with Crippen molar-refractivity contribution in [2.75, 3.05) is 25.1 Å². The molecule has 0 bridgehead atoms. The summed E-state index contributed by atoms with van der Waals surface area (Å²) in [5.41, 5.74) is 1.59. The number of carbonyl (C=O) groups is 2. The first kappa shape index (κ1) is 17.4. The minimum atomic E-state index is -0.419. The molecule has 1 aromatic carbocycles. The smallest absolute Gasteiger partial charge is 0.312 e. The molecule has 4 rings (SSSR count). The lowest BCUT2D eigenvalue weighted by molar-refractivity contribution is -0.152. The van der Waals surface area contributed by atoms with Crippen molar-refractivity contribution < 1.29 is 14.3 Å². The fourth-order valence-corrected chi connectivity index (χ4v) is 4.55. The van der Waals surface area contributed by atoms with E-state index in [4.69, 9.17) is 4.74 Å². The third-order valence-corrected chi connectivity index (χ3v) is 6.13. The molecule has 2 fully saturated rings. The molecule has 0 radical (unpaired) electrons. The first-order valence-electron chi connectivity index (χ1n) is 8.99. The number of benzene rings is 1. The minimum Gasteiger partial charge on any atom is -0.460 e. The van der Waals surface area contributed by atoms with Crippen LogP contribution in [0.4, 0.5) is 0 Å². The number of amides is 1. The van der Waals surface area contributed by atoms with Crippen molar-refractivity contribution in [3.05, 3.63) is 30.6 Å². The molecule has 138 valence electrons. The van der Waals surface area contributed by atoms with Crippen LogP contribution in [0, 0.1) is 5.41 Å². The van der Waals surface area contributed by atoms with E-state index < -0.39 is 5.41 Å². The summed E-state index contributed by atoms with van der Waals surface area (Å²) >= 11 is 1.54. The number of hydrogen-bond acceptors (Lipinski definition) is 5. The number of aromatic nitrogens is 2. The number of rotatable bonds is 4. The number of fused-ring (bicyclic) bond motifs is 1. The highest BCUT2D eigenvalue weighted by molar-refractivity contribution is 7.99. The quantitative estimate of drug-likeness (QED) is 0.770. The molecule has 1 aromatic heterocycles. The maximum absolute atomic E-state index is 12.6. The van der Waals surface area contributed by atoms with Crippen molar-refractivity contribution in [3.63, 3.8) is 0 Å². The summed E-state index contributed by atoms with van der Waals surface area (Å²) in [4.78, 5) is 31.0. The topological polar surface area (TPSA) is 64.4 Å². The molecule has 1 unspecified atom stereocenters. The molecular formula is C19H23N3O3S. The van der Waals surface area contributed by atoms with Gasteiger partial charge >= 0.3 is 5.97 Å². The highest BCUT2D eigenvalue weighted by Crippen LogP contribution is 2.43. The van der Waals surface area contributed by atoms with Crippen LogP contribution >= 0.6 is 11.8 Å². The molecule has 7 heteroatoms. The average Bonchev–Trinajstić information content (AvgIpc) is 3.18. The van der Waals surface area contributed by atoms with Gasteiger partial charge in [-0.1, -0.05) is 12.1 Å². The molecule has 0 aliphatic carbocycles. The summed E-state index contributed by atoms with van der Waals surface area (Å²) in [6, 6.07) is 7.97. The number of imidazole rings is 1. The van der Waals surface area contributed by atoms with E-state index in [2.05, 4.69) is 9.55 Å². The van der Waals surface area contributed by atoms with Gasteiger partial charge in [0.2, 0.25) is 5.91 Å². The standard InChI is InChI=1S/C19H23N3O3S/c1-26-12-17(23)21-8-6-19(7-9-21)10-14(25-18(19)24)11-22-13-20-15-4-2-3-5-16(15)22/h2-5,13-14H,6-12H2,1H3. The van der Waals surface area contributed by atoms with Crippen LogP contribution in [-0.4, -0.2) is 57.5 Å². The number of likely N-dealkylation sites (tertiary alicyclic amines) is 1. The van der Waals surface area contributed by atoms with Gasteiger partial charge in [0.1, 0.15) is 6.10 Å². The van der Waals surface area contributed by atoms with Gasteiger partial charge in [-0.15, -0.1) is 0 Å². The highest BCUT2D eigenvalue weighted by atomic mass is 32.2. The molecule has 6 nitrogen and oxygen atoms in total. The number of piperidine rings is 1. The van der Waals surface area contributed by atoms with Crippen LogP contribution in [0.2, 0.25) is 0 Å². The molecule has 1 atom stereocenters. The Morgan fingerprint density at radius 3 is 2.88 bits per heavy atom. The van der Waals surface area contributed by atoms with Crippen LogP contribution in [-0.2, 0) is 20.9 Å². The Kier molecular flexibility index (Phi) is 4.65. The second-order valence-corrected chi connectivity index (χ2v) is 8.08. The van der Waals surface area contributed by atoms with Gasteiger partial charge in [-0.3, -0.25) is 9.59 Å². The molecular weight excluding hydrogens is 350 g/mol. The number of para-hydroxylation sites is 2. The van der Waals surface area contributed by atoms with Gasteiger partial charge in [0.15, 0.2) is 0 Å². The number of nitrogens with zero attached hydrogens (tertiary/aromatic N) is 3. The zero-order valence-electron chi connectivity index (χ0n) is 14.9. The molecule has 26 heavy (non-hydrogen) atoms. The van der Waals surface area contributed by atoms with E-state index in [0.29, 0.717) is 38.2 Å². The van der Waals surface area contributed by atoms with Crippen LogP contribution in [0.5, 0.6) is 0 Å². The minimum absolute atomic E-state index is 0.0936. The molecule has 2 aliphatic heterocycles. The van der Waals surface area contributed by atoms with Gasteiger partial charge in [-0.05, 0) is 31.2 Å². The van der Waals surface area contributed by atoms with Gasteiger partial charge in [0, 0.05) is 19.5 Å². The predicted octanol–water partition coefficient (Wildman–Crippen LogP) is 2.32. The van der Waals surface area contributed by atoms with Gasteiger partial charge < -0.3 is 14.2 Å². The van der Waals surface area contributed by atoms with Gasteiger partial charge in [0.05, 0.1) is 35.1 Å². The number of ether oxygens (including phenoxy) is 1. The number of esters is 1. The lowest BCUT2D eigenvalue weighted by atomic mass is 9.76. The second-order valence-electron chi connectivity index (χ2n) is 7.21. The van der Waals surface area contributed by atoms with Crippen molar-refractivity contribution in [2.45, 2.75) is 31.9 Å². The van der Waals surface area contributed by atoms with Gasteiger partial charge in [-0.25, -0.2) is 4.98 Å². The first-order chi connectivity index (χ1) is 12.6. The van der Waals surface area contributed by atoms with Crippen LogP contribution in [0.25, 0.3) is 11.0 Å². The first-order valence-corrected chi connectivity index (χ1v) is 10.4. The van der Waals surface area contributed by atoms with Crippen molar-refractivity contribution >= 4 is 34.7 Å². The van der Waals surface area contributed by atoms with Crippen LogP contribution < -0.4 is 0 Å². The Hall–Kier alpha value is -2.02. The van der Waals surface area contributed by atoms with Crippen molar-refractivity contribution in [1.82, 2.24) is 14.5 Å². The zero-order valence-corrected chi connectivity index (χ0v) is 15.7. The Bertz CT molecular complexity index is 826. The summed E-state index contributed by atoms with van der Waals surface area (Å²) in [6.45, 7) is 1.92. The molecule has 0 N–H and O–H groups in total. The lowest BCUT2D eigenvalue weighted by Crippen LogP contribution is -2.45. The third kappa shape index (κ3) is 3.09. The second kappa shape index (κ2) is 6.95. The maximum atomic E-state index is 12.6. The summed E-state index contributed by atoms with van der Waals surface area (Å²) in [7, 11) is 0. The van der Waals surface area contributed by atoms with E-state index >= 15 is 0 Å². The molecule has 0 saturated carbocycles. The van der Waals surface area contributed by atoms with Crippen molar-refractivity contribution in [1.29, 1.82) is 0 Å². The molecule has 3 heterocycles. The summed E-state index contributed by atoms with van der Waals surface area (Å²) in [6.07, 6.45) is 5.74. The summed E-state index contributed by atoms with van der Waals surface area (Å²) in [5.74, 6) is 0.581. The number of hydrogen-bond donors (Lipinski definition) is 0. The predicted molar refractivity (Wildman–Crippen MR) is 101 cm³/mol. The Morgan fingerprint density at radius 2 is 2.12 bits per heavy atom. The van der Waals surface area contributed by atoms with Crippen molar-refractivity contribution in [2.24, 2.45) is 5.41 Å². The lowest BCUT2D eigenvalue weighted by Gasteiger charge is -2.36. The number of thioether (sulfide) groups is 1. The molecule has 2 aliphatic rings. The van der Waals surface area contributed by atoms with E-state index in [1.165, 1.54) is 11.8 Å². The molecule has 2 aromatic rings. The molecule has 1 amide bonds. The largest absolute Gasteiger partial charge is 0.460 e. The van der Waals surface area contributed by atoms with E-state index in [9.17, 15) is 9.59 Å². The Balaban J connectivity index is 1.42.